The van der Waals surface area contributed by atoms with Crippen molar-refractivity contribution in [3.05, 3.63) is 35.9 Å². The number of hydrogen-bond donors (Lipinski definition) is 1. The summed E-state index contributed by atoms with van der Waals surface area (Å²) in [6.07, 6.45) is -0.619. The number of ether oxygens (including phenoxy) is 1. The Kier molecular flexibility index (Phi) is 4.13. The maximum Gasteiger partial charge on any atom is 0.335 e. The van der Waals surface area contributed by atoms with Gasteiger partial charge >= 0.3 is 5.97 Å². The van der Waals surface area contributed by atoms with Crippen LogP contribution in [0.1, 0.15) is 18.9 Å². The first-order valence-electron chi connectivity index (χ1n) is 4.62. The molecule has 0 aliphatic carbocycles. The minimum Gasteiger partial charge on any atom is -0.459 e. The van der Waals surface area contributed by atoms with Crippen molar-refractivity contribution in [3.63, 3.8) is 0 Å². The average molecular weight is 194 g/mol. The number of esters is 1. The van der Waals surface area contributed by atoms with Gasteiger partial charge in [0.25, 0.3) is 0 Å². The highest BCUT2D eigenvalue weighted by molar-refractivity contribution is 5.74. The lowest BCUT2D eigenvalue weighted by Gasteiger charge is -2.08. The molecular weight excluding hydrogens is 180 g/mol. The molecule has 1 rings (SSSR count). The van der Waals surface area contributed by atoms with Gasteiger partial charge in [-0.05, 0) is 12.0 Å². The van der Waals surface area contributed by atoms with Crippen molar-refractivity contribution in [2.75, 3.05) is 0 Å². The van der Waals surface area contributed by atoms with Crippen LogP contribution < -0.4 is 0 Å². The van der Waals surface area contributed by atoms with E-state index in [4.69, 9.17) is 9.84 Å². The summed E-state index contributed by atoms with van der Waals surface area (Å²) >= 11 is 0. The first-order valence-corrected chi connectivity index (χ1v) is 4.62. The highest BCUT2D eigenvalue weighted by Crippen LogP contribution is 2.02. The van der Waals surface area contributed by atoms with E-state index < -0.39 is 12.1 Å². The number of hydrogen-bond acceptors (Lipinski definition) is 3. The second-order valence-electron chi connectivity index (χ2n) is 3.02. The summed E-state index contributed by atoms with van der Waals surface area (Å²) in [7, 11) is 0. The van der Waals surface area contributed by atoms with Crippen molar-refractivity contribution in [3.8, 4) is 0 Å². The third-order valence-corrected chi connectivity index (χ3v) is 1.88. The highest BCUT2D eigenvalue weighted by Gasteiger charge is 2.13. The molecule has 0 unspecified atom stereocenters. The predicted molar refractivity (Wildman–Crippen MR) is 52.5 cm³/mol. The Hall–Kier alpha value is -1.35. The third kappa shape index (κ3) is 3.18. The molecule has 0 radical (unpaired) electrons. The number of aliphatic hydroxyl groups excluding tert-OH is 1. The van der Waals surface area contributed by atoms with Crippen LogP contribution >= 0.6 is 0 Å². The van der Waals surface area contributed by atoms with Crippen LogP contribution in [-0.2, 0) is 16.1 Å². The SMILES string of the molecule is CC[C@H](O)C(=O)OCc1ccccc1. The number of carbonyl (C=O) groups is 1. The Labute approximate surface area is 83.3 Å². The molecule has 14 heavy (non-hydrogen) atoms. The molecule has 0 spiro atoms. The molecular formula is C11H14O3. The average Bonchev–Trinajstić information content (AvgIpc) is 2.26. The van der Waals surface area contributed by atoms with Crippen molar-refractivity contribution in [2.45, 2.75) is 26.1 Å². The monoisotopic (exact) mass is 194 g/mol. The zero-order valence-electron chi connectivity index (χ0n) is 8.14. The molecule has 0 aliphatic heterocycles. The number of rotatable bonds is 4. The van der Waals surface area contributed by atoms with Gasteiger partial charge in [0.1, 0.15) is 6.61 Å². The van der Waals surface area contributed by atoms with E-state index in [2.05, 4.69) is 0 Å². The minimum atomic E-state index is -1.00. The Morgan fingerprint density at radius 3 is 2.64 bits per heavy atom. The van der Waals surface area contributed by atoms with E-state index in [0.29, 0.717) is 6.42 Å². The standard InChI is InChI=1S/C11H14O3/c1-2-10(12)11(13)14-8-9-6-4-3-5-7-9/h3-7,10,12H,2,8H2,1H3/t10-/m0/s1. The van der Waals surface area contributed by atoms with Crippen molar-refractivity contribution >= 4 is 5.97 Å². The van der Waals surface area contributed by atoms with Crippen LogP contribution in [0.25, 0.3) is 0 Å². The first-order chi connectivity index (χ1) is 6.74. The zero-order chi connectivity index (χ0) is 10.4. The molecule has 0 aromatic heterocycles. The lowest BCUT2D eigenvalue weighted by atomic mass is 10.2. The van der Waals surface area contributed by atoms with Crippen LogP contribution in [0, 0.1) is 0 Å². The Morgan fingerprint density at radius 1 is 1.43 bits per heavy atom. The van der Waals surface area contributed by atoms with E-state index in [1.54, 1.807) is 6.92 Å². The van der Waals surface area contributed by atoms with E-state index in [0.717, 1.165) is 5.56 Å². The molecule has 76 valence electrons. The van der Waals surface area contributed by atoms with Gasteiger partial charge in [0.15, 0.2) is 6.10 Å². The summed E-state index contributed by atoms with van der Waals surface area (Å²) in [4.78, 5) is 11.1. The van der Waals surface area contributed by atoms with Crippen molar-refractivity contribution in [1.29, 1.82) is 0 Å². The van der Waals surface area contributed by atoms with E-state index >= 15 is 0 Å². The van der Waals surface area contributed by atoms with Gasteiger partial charge in [-0.15, -0.1) is 0 Å². The molecule has 1 N–H and O–H groups in total. The van der Waals surface area contributed by atoms with Gasteiger partial charge in [-0.25, -0.2) is 4.79 Å². The molecule has 0 saturated carbocycles. The Balaban J connectivity index is 2.38. The molecule has 0 amide bonds. The predicted octanol–water partition coefficient (Wildman–Crippen LogP) is 1.50. The van der Waals surface area contributed by atoms with E-state index in [1.807, 2.05) is 30.3 Å². The Bertz CT molecular complexity index is 282. The molecule has 1 atom stereocenters. The molecule has 3 nitrogen and oxygen atoms in total. The maximum absolute atomic E-state index is 11.1. The van der Waals surface area contributed by atoms with Gasteiger partial charge in [0.2, 0.25) is 0 Å². The molecule has 1 aromatic rings. The normalized spacial score (nSPS) is 12.1. The van der Waals surface area contributed by atoms with Gasteiger partial charge in [-0.3, -0.25) is 0 Å². The lowest BCUT2D eigenvalue weighted by Crippen LogP contribution is -2.21. The highest BCUT2D eigenvalue weighted by atomic mass is 16.5. The summed E-state index contributed by atoms with van der Waals surface area (Å²) in [5.74, 6) is -0.559. The van der Waals surface area contributed by atoms with E-state index in [1.165, 1.54) is 0 Å². The smallest absolute Gasteiger partial charge is 0.335 e. The van der Waals surface area contributed by atoms with Crippen LogP contribution in [0.2, 0.25) is 0 Å². The minimum absolute atomic E-state index is 0.219. The lowest BCUT2D eigenvalue weighted by molar-refractivity contribution is -0.155. The molecule has 0 saturated heterocycles. The van der Waals surface area contributed by atoms with Crippen LogP contribution in [0.4, 0.5) is 0 Å². The van der Waals surface area contributed by atoms with Crippen LogP contribution in [0.15, 0.2) is 30.3 Å². The van der Waals surface area contributed by atoms with Crippen molar-refractivity contribution < 1.29 is 14.6 Å². The first kappa shape index (κ1) is 10.7. The molecule has 0 fully saturated rings. The second kappa shape index (κ2) is 5.40. The fraction of sp³-hybridized carbons (Fsp3) is 0.364. The molecule has 0 bridgehead atoms. The van der Waals surface area contributed by atoms with Crippen molar-refractivity contribution in [2.24, 2.45) is 0 Å². The van der Waals surface area contributed by atoms with Crippen LogP contribution in [-0.4, -0.2) is 17.2 Å². The van der Waals surface area contributed by atoms with E-state index in [-0.39, 0.29) is 6.61 Å². The van der Waals surface area contributed by atoms with Gasteiger partial charge < -0.3 is 9.84 Å². The maximum atomic E-state index is 11.1. The topological polar surface area (TPSA) is 46.5 Å². The summed E-state index contributed by atoms with van der Waals surface area (Å²) in [6.45, 7) is 1.95. The van der Waals surface area contributed by atoms with Gasteiger partial charge in [0.05, 0.1) is 0 Å². The second-order valence-corrected chi connectivity index (χ2v) is 3.02. The zero-order valence-corrected chi connectivity index (χ0v) is 8.14. The molecule has 0 aliphatic rings. The third-order valence-electron chi connectivity index (χ3n) is 1.88. The largest absolute Gasteiger partial charge is 0.459 e. The number of carbonyl (C=O) groups excluding carboxylic acids is 1. The fourth-order valence-electron chi connectivity index (χ4n) is 0.992. The molecule has 0 heterocycles. The number of benzene rings is 1. The summed E-state index contributed by atoms with van der Waals surface area (Å²) in [5.41, 5.74) is 0.921. The van der Waals surface area contributed by atoms with E-state index in [9.17, 15) is 4.79 Å². The van der Waals surface area contributed by atoms with Gasteiger partial charge in [-0.1, -0.05) is 37.3 Å². The van der Waals surface area contributed by atoms with Crippen LogP contribution in [0.5, 0.6) is 0 Å². The molecule has 1 aromatic carbocycles. The summed E-state index contributed by atoms with van der Waals surface area (Å²) in [6, 6.07) is 9.38. The molecule has 3 heteroatoms. The Morgan fingerprint density at radius 2 is 2.07 bits per heavy atom. The number of aliphatic hydroxyl groups is 1. The fourth-order valence-corrected chi connectivity index (χ4v) is 0.992. The summed E-state index contributed by atoms with van der Waals surface area (Å²) in [5, 5.41) is 9.13. The van der Waals surface area contributed by atoms with Crippen molar-refractivity contribution in [1.82, 2.24) is 0 Å². The van der Waals surface area contributed by atoms with Crippen LogP contribution in [0.3, 0.4) is 0 Å². The van der Waals surface area contributed by atoms with Gasteiger partial charge in [-0.2, -0.15) is 0 Å². The quantitative estimate of drug-likeness (QED) is 0.739. The summed E-state index contributed by atoms with van der Waals surface area (Å²) < 4.78 is 4.89. The van der Waals surface area contributed by atoms with Gasteiger partial charge in [0, 0.05) is 0 Å².